The van der Waals surface area contributed by atoms with Crippen molar-refractivity contribution in [2.45, 2.75) is 44.6 Å². The van der Waals surface area contributed by atoms with Crippen molar-refractivity contribution in [3.63, 3.8) is 0 Å². The first-order valence-electron chi connectivity index (χ1n) is 7.71. The predicted octanol–water partition coefficient (Wildman–Crippen LogP) is 3.08. The molecule has 0 bridgehead atoms. The quantitative estimate of drug-likeness (QED) is 0.798. The Morgan fingerprint density at radius 2 is 2.10 bits per heavy atom. The molecule has 116 valence electrons. The van der Waals surface area contributed by atoms with E-state index in [1.54, 1.807) is 0 Å². The van der Waals surface area contributed by atoms with Gasteiger partial charge in [0.25, 0.3) is 0 Å². The van der Waals surface area contributed by atoms with Crippen molar-refractivity contribution in [1.82, 2.24) is 4.90 Å². The molecular weight excluding hydrogens is 270 g/mol. The number of likely N-dealkylation sites (tertiary alicyclic amines) is 1. The Balaban J connectivity index is 1.44. The standard InChI is InChI=1S/C16H23NO4/c1-12(14-4-3-13(2)20-14)5-8-17-9-6-16(7-10-17)11-19-15(18)21-16/h3-4,12H,5-11H2,1-2H3/t12-/m1/s1. The van der Waals surface area contributed by atoms with Crippen LogP contribution in [-0.2, 0) is 9.47 Å². The largest absolute Gasteiger partial charge is 0.509 e. The van der Waals surface area contributed by atoms with Gasteiger partial charge in [-0.1, -0.05) is 6.92 Å². The van der Waals surface area contributed by atoms with Crippen LogP contribution < -0.4 is 0 Å². The maximum Gasteiger partial charge on any atom is 0.509 e. The summed E-state index contributed by atoms with van der Waals surface area (Å²) in [6, 6.07) is 4.09. The lowest BCUT2D eigenvalue weighted by Gasteiger charge is -2.36. The highest BCUT2D eigenvalue weighted by molar-refractivity contribution is 5.62. The SMILES string of the molecule is Cc1ccc([C@H](C)CCN2CCC3(CC2)COC(=O)O3)o1. The van der Waals surface area contributed by atoms with Crippen molar-refractivity contribution in [1.29, 1.82) is 0 Å². The Labute approximate surface area is 125 Å². The number of cyclic esters (lactones) is 1. The van der Waals surface area contributed by atoms with Gasteiger partial charge in [-0.3, -0.25) is 0 Å². The highest BCUT2D eigenvalue weighted by atomic mass is 16.8. The lowest BCUT2D eigenvalue weighted by atomic mass is 9.92. The third-order valence-electron chi connectivity index (χ3n) is 4.65. The van der Waals surface area contributed by atoms with Gasteiger partial charge in [0.2, 0.25) is 0 Å². The minimum absolute atomic E-state index is 0.350. The Morgan fingerprint density at radius 3 is 2.67 bits per heavy atom. The summed E-state index contributed by atoms with van der Waals surface area (Å²) in [5, 5.41) is 0. The van der Waals surface area contributed by atoms with Crippen molar-refractivity contribution < 1.29 is 18.7 Å². The fraction of sp³-hybridized carbons (Fsp3) is 0.688. The van der Waals surface area contributed by atoms with Gasteiger partial charge in [0.1, 0.15) is 18.1 Å². The highest BCUT2D eigenvalue weighted by Crippen LogP contribution is 2.32. The molecule has 3 rings (SSSR count). The highest BCUT2D eigenvalue weighted by Gasteiger charge is 2.44. The summed E-state index contributed by atoms with van der Waals surface area (Å²) < 4.78 is 16.0. The Hall–Kier alpha value is -1.49. The third-order valence-corrected chi connectivity index (χ3v) is 4.65. The molecule has 1 atom stereocenters. The molecule has 1 aromatic heterocycles. The number of rotatable bonds is 4. The van der Waals surface area contributed by atoms with Gasteiger partial charge >= 0.3 is 6.16 Å². The lowest BCUT2D eigenvalue weighted by Crippen LogP contribution is -2.46. The van der Waals surface area contributed by atoms with Crippen LogP contribution in [0.5, 0.6) is 0 Å². The summed E-state index contributed by atoms with van der Waals surface area (Å²) >= 11 is 0. The second-order valence-corrected chi connectivity index (χ2v) is 6.30. The molecule has 1 aromatic rings. The van der Waals surface area contributed by atoms with E-state index in [1.165, 1.54) is 0 Å². The van der Waals surface area contributed by atoms with Crippen LogP contribution in [0.4, 0.5) is 4.79 Å². The topological polar surface area (TPSA) is 51.9 Å². The van der Waals surface area contributed by atoms with Gasteiger partial charge in [-0.05, 0) is 32.0 Å². The van der Waals surface area contributed by atoms with Crippen LogP contribution in [-0.4, -0.2) is 42.9 Å². The summed E-state index contributed by atoms with van der Waals surface area (Å²) in [6.07, 6.45) is 2.31. The first-order valence-corrected chi connectivity index (χ1v) is 7.71. The minimum atomic E-state index is -0.509. The molecule has 0 N–H and O–H groups in total. The molecule has 0 aromatic carbocycles. The van der Waals surface area contributed by atoms with E-state index in [1.807, 2.05) is 13.0 Å². The van der Waals surface area contributed by atoms with Gasteiger partial charge in [-0.2, -0.15) is 0 Å². The fourth-order valence-corrected chi connectivity index (χ4v) is 3.09. The maximum absolute atomic E-state index is 11.1. The number of hydrogen-bond acceptors (Lipinski definition) is 5. The fourth-order valence-electron chi connectivity index (χ4n) is 3.09. The molecule has 1 spiro atoms. The van der Waals surface area contributed by atoms with Crippen molar-refractivity contribution in [3.8, 4) is 0 Å². The van der Waals surface area contributed by atoms with E-state index in [4.69, 9.17) is 13.9 Å². The molecule has 0 amide bonds. The van der Waals surface area contributed by atoms with Gasteiger partial charge in [0.15, 0.2) is 5.60 Å². The van der Waals surface area contributed by atoms with E-state index < -0.39 is 6.16 Å². The molecule has 2 aliphatic heterocycles. The van der Waals surface area contributed by atoms with E-state index in [0.29, 0.717) is 12.5 Å². The van der Waals surface area contributed by atoms with E-state index >= 15 is 0 Å². The number of hydrogen-bond donors (Lipinski definition) is 0. The van der Waals surface area contributed by atoms with Crippen LogP contribution in [0, 0.1) is 6.92 Å². The molecule has 5 heteroatoms. The maximum atomic E-state index is 11.1. The van der Waals surface area contributed by atoms with Gasteiger partial charge < -0.3 is 18.8 Å². The average molecular weight is 293 g/mol. The van der Waals surface area contributed by atoms with Crippen molar-refractivity contribution >= 4 is 6.16 Å². The Morgan fingerprint density at radius 1 is 1.33 bits per heavy atom. The number of aryl methyl sites for hydroxylation is 1. The summed E-state index contributed by atoms with van der Waals surface area (Å²) in [5.74, 6) is 2.47. The van der Waals surface area contributed by atoms with Crippen LogP contribution >= 0.6 is 0 Å². The number of ether oxygens (including phenoxy) is 2. The number of nitrogens with zero attached hydrogens (tertiary/aromatic N) is 1. The van der Waals surface area contributed by atoms with E-state index in [0.717, 1.165) is 50.4 Å². The van der Waals surface area contributed by atoms with E-state index in [2.05, 4.69) is 17.9 Å². The lowest BCUT2D eigenvalue weighted by molar-refractivity contribution is -0.000219. The number of piperidine rings is 1. The van der Waals surface area contributed by atoms with E-state index in [-0.39, 0.29) is 5.60 Å². The molecule has 2 saturated heterocycles. The Bertz CT molecular complexity index is 502. The summed E-state index contributed by atoms with van der Waals surface area (Å²) in [6.45, 7) is 7.57. The van der Waals surface area contributed by atoms with Crippen molar-refractivity contribution in [3.05, 3.63) is 23.7 Å². The molecule has 2 aliphatic rings. The number of furan rings is 1. The second kappa shape index (κ2) is 5.72. The third kappa shape index (κ3) is 3.23. The first kappa shape index (κ1) is 14.4. The predicted molar refractivity (Wildman–Crippen MR) is 77.3 cm³/mol. The normalized spacial score (nSPS) is 23.0. The molecule has 2 fully saturated rings. The van der Waals surface area contributed by atoms with Gasteiger partial charge in [-0.15, -0.1) is 0 Å². The molecular formula is C16H23NO4. The average Bonchev–Trinajstić information content (AvgIpc) is 3.05. The van der Waals surface area contributed by atoms with E-state index in [9.17, 15) is 4.79 Å². The zero-order chi connectivity index (χ0) is 14.9. The molecule has 5 nitrogen and oxygen atoms in total. The zero-order valence-corrected chi connectivity index (χ0v) is 12.8. The molecule has 0 saturated carbocycles. The minimum Gasteiger partial charge on any atom is -0.466 e. The van der Waals surface area contributed by atoms with Crippen LogP contribution in [0.15, 0.2) is 16.5 Å². The summed E-state index contributed by atoms with van der Waals surface area (Å²) in [4.78, 5) is 13.5. The van der Waals surface area contributed by atoms with Gasteiger partial charge in [0.05, 0.1) is 0 Å². The second-order valence-electron chi connectivity index (χ2n) is 6.30. The zero-order valence-electron chi connectivity index (χ0n) is 12.8. The van der Waals surface area contributed by atoms with Gasteiger partial charge in [0, 0.05) is 31.8 Å². The summed E-state index contributed by atoms with van der Waals surface area (Å²) in [7, 11) is 0. The van der Waals surface area contributed by atoms with Crippen LogP contribution in [0.3, 0.4) is 0 Å². The Kier molecular flexibility index (Phi) is 3.93. The molecule has 0 unspecified atom stereocenters. The number of carbonyl (C=O) groups is 1. The number of carbonyl (C=O) groups excluding carboxylic acids is 1. The van der Waals surface area contributed by atoms with Crippen LogP contribution in [0.1, 0.15) is 43.6 Å². The van der Waals surface area contributed by atoms with Gasteiger partial charge in [-0.25, -0.2) is 4.79 Å². The van der Waals surface area contributed by atoms with Crippen molar-refractivity contribution in [2.75, 3.05) is 26.2 Å². The molecule has 0 radical (unpaired) electrons. The van der Waals surface area contributed by atoms with Crippen molar-refractivity contribution in [2.24, 2.45) is 0 Å². The van der Waals surface area contributed by atoms with Crippen LogP contribution in [0.25, 0.3) is 0 Å². The molecule has 21 heavy (non-hydrogen) atoms. The van der Waals surface area contributed by atoms with Crippen LogP contribution in [0.2, 0.25) is 0 Å². The monoisotopic (exact) mass is 293 g/mol. The molecule has 3 heterocycles. The summed E-state index contributed by atoms with van der Waals surface area (Å²) in [5.41, 5.74) is -0.350. The first-order chi connectivity index (χ1) is 10.1. The smallest absolute Gasteiger partial charge is 0.466 e. The molecule has 0 aliphatic carbocycles.